The number of nitrogens with one attached hydrogen (secondary N) is 1. The monoisotopic (exact) mass is 386 g/mol. The highest BCUT2D eigenvalue weighted by Gasteiger charge is 2.41. The molecule has 142 valence electrons. The van der Waals surface area contributed by atoms with Crippen LogP contribution in [-0.2, 0) is 9.59 Å². The number of rotatable bonds is 6. The Bertz CT molecular complexity index is 796. The summed E-state index contributed by atoms with van der Waals surface area (Å²) in [5.74, 6) is -0.0143. The molecule has 0 saturated carbocycles. The van der Waals surface area contributed by atoms with Crippen molar-refractivity contribution in [1.82, 2.24) is 10.2 Å². The van der Waals surface area contributed by atoms with Gasteiger partial charge in [-0.05, 0) is 29.2 Å². The van der Waals surface area contributed by atoms with Crippen molar-refractivity contribution in [1.29, 1.82) is 0 Å². The molecule has 2 aromatic rings. The molecule has 1 aliphatic rings. The first-order chi connectivity index (χ1) is 13.0. The summed E-state index contributed by atoms with van der Waals surface area (Å²) in [5, 5.41) is 2.63. The van der Waals surface area contributed by atoms with Crippen molar-refractivity contribution in [2.45, 2.75) is 25.3 Å². The molecule has 2 amide bonds. The van der Waals surface area contributed by atoms with Crippen LogP contribution in [0.4, 0.5) is 4.39 Å². The molecule has 0 unspecified atom stereocenters. The zero-order valence-electron chi connectivity index (χ0n) is 15.4. The molecule has 3 rings (SSSR count). The number of carbonyl (C=O) groups excluding carboxylic acids is 2. The van der Waals surface area contributed by atoms with Crippen LogP contribution in [0.1, 0.15) is 36.4 Å². The maximum atomic E-state index is 13.3. The fraction of sp³-hybridized carbons (Fsp3) is 0.333. The predicted octanol–water partition coefficient (Wildman–Crippen LogP) is 3.91. The van der Waals surface area contributed by atoms with Gasteiger partial charge in [-0.15, -0.1) is 11.8 Å². The number of benzene rings is 2. The third kappa shape index (κ3) is 4.50. The van der Waals surface area contributed by atoms with Gasteiger partial charge >= 0.3 is 0 Å². The molecular weight excluding hydrogens is 363 g/mol. The Morgan fingerprint density at radius 3 is 2.48 bits per heavy atom. The summed E-state index contributed by atoms with van der Waals surface area (Å²) < 4.78 is 13.3. The fourth-order valence-corrected chi connectivity index (χ4v) is 4.27. The molecule has 27 heavy (non-hydrogen) atoms. The number of thioether (sulfide) groups is 1. The molecule has 0 spiro atoms. The van der Waals surface area contributed by atoms with Crippen molar-refractivity contribution in [2.75, 3.05) is 12.3 Å². The van der Waals surface area contributed by atoms with Crippen LogP contribution < -0.4 is 5.32 Å². The van der Waals surface area contributed by atoms with Gasteiger partial charge in [0.05, 0.1) is 5.75 Å². The average molecular weight is 386 g/mol. The lowest BCUT2D eigenvalue weighted by Crippen LogP contribution is -2.43. The molecule has 2 atom stereocenters. The summed E-state index contributed by atoms with van der Waals surface area (Å²) in [4.78, 5) is 27.4. The van der Waals surface area contributed by atoms with E-state index in [-0.39, 0.29) is 23.0 Å². The third-order valence-electron chi connectivity index (χ3n) is 4.39. The molecule has 1 heterocycles. The number of nitrogens with zero attached hydrogens (tertiary/aromatic N) is 1. The first-order valence-electron chi connectivity index (χ1n) is 8.98. The van der Waals surface area contributed by atoms with E-state index in [2.05, 4.69) is 5.32 Å². The predicted molar refractivity (Wildman–Crippen MR) is 105 cm³/mol. The van der Waals surface area contributed by atoms with Crippen molar-refractivity contribution in [2.24, 2.45) is 5.92 Å². The molecular formula is C21H23FN2O2S. The van der Waals surface area contributed by atoms with Crippen molar-refractivity contribution in [3.05, 3.63) is 71.5 Å². The summed E-state index contributed by atoms with van der Waals surface area (Å²) in [5.41, 5.74) is 1.58. The Kier molecular flexibility index (Phi) is 6.16. The minimum absolute atomic E-state index is 0.0946. The Balaban J connectivity index is 1.96. The van der Waals surface area contributed by atoms with Crippen LogP contribution in [0, 0.1) is 11.7 Å². The lowest BCUT2D eigenvalue weighted by Gasteiger charge is -2.32. The number of halogens is 1. The maximum Gasteiger partial charge on any atom is 0.247 e. The van der Waals surface area contributed by atoms with E-state index in [0.717, 1.165) is 11.1 Å². The Hall–Kier alpha value is -2.34. The lowest BCUT2D eigenvalue weighted by atomic mass is 10.0. The van der Waals surface area contributed by atoms with Crippen LogP contribution in [0.5, 0.6) is 0 Å². The van der Waals surface area contributed by atoms with Gasteiger partial charge in [-0.1, -0.05) is 56.3 Å². The van der Waals surface area contributed by atoms with Crippen LogP contribution in [0.3, 0.4) is 0 Å². The molecule has 0 radical (unpaired) electrons. The maximum absolute atomic E-state index is 13.3. The Labute approximate surface area is 163 Å². The van der Waals surface area contributed by atoms with Gasteiger partial charge in [-0.3, -0.25) is 9.59 Å². The molecule has 2 aromatic carbocycles. The molecule has 0 aromatic heterocycles. The lowest BCUT2D eigenvalue weighted by molar-refractivity contribution is -0.139. The van der Waals surface area contributed by atoms with Gasteiger partial charge in [0.25, 0.3) is 0 Å². The van der Waals surface area contributed by atoms with Crippen molar-refractivity contribution in [3.8, 4) is 0 Å². The summed E-state index contributed by atoms with van der Waals surface area (Å²) >= 11 is 1.46. The zero-order valence-corrected chi connectivity index (χ0v) is 16.2. The topological polar surface area (TPSA) is 49.4 Å². The number of amides is 2. The fourth-order valence-electron chi connectivity index (χ4n) is 3.07. The van der Waals surface area contributed by atoms with Gasteiger partial charge in [0.15, 0.2) is 0 Å². The van der Waals surface area contributed by atoms with E-state index in [1.165, 1.54) is 23.9 Å². The summed E-state index contributed by atoms with van der Waals surface area (Å²) in [6.45, 7) is 4.59. The van der Waals surface area contributed by atoms with Crippen molar-refractivity contribution >= 4 is 23.6 Å². The molecule has 6 heteroatoms. The Morgan fingerprint density at radius 2 is 1.85 bits per heavy atom. The van der Waals surface area contributed by atoms with Crippen molar-refractivity contribution < 1.29 is 14.0 Å². The molecule has 4 nitrogen and oxygen atoms in total. The smallest absolute Gasteiger partial charge is 0.247 e. The van der Waals surface area contributed by atoms with Gasteiger partial charge in [-0.25, -0.2) is 4.39 Å². The quantitative estimate of drug-likeness (QED) is 0.819. The first kappa shape index (κ1) is 19.4. The van der Waals surface area contributed by atoms with E-state index in [1.54, 1.807) is 17.0 Å². The van der Waals surface area contributed by atoms with Crippen molar-refractivity contribution in [3.63, 3.8) is 0 Å². The average Bonchev–Trinajstić information content (AvgIpc) is 3.03. The van der Waals surface area contributed by atoms with Gasteiger partial charge in [0, 0.05) is 6.54 Å². The van der Waals surface area contributed by atoms with E-state index in [1.807, 2.05) is 44.2 Å². The van der Waals surface area contributed by atoms with Gasteiger partial charge < -0.3 is 10.2 Å². The highest BCUT2D eigenvalue weighted by Crippen LogP contribution is 2.43. The number of hydrogen-bond donors (Lipinski definition) is 1. The number of carbonyl (C=O) groups is 2. The summed E-state index contributed by atoms with van der Waals surface area (Å²) in [6.07, 6.45) is 0. The van der Waals surface area contributed by atoms with Crippen LogP contribution in [0.25, 0.3) is 0 Å². The van der Waals surface area contributed by atoms with Gasteiger partial charge in [-0.2, -0.15) is 0 Å². The van der Waals surface area contributed by atoms with E-state index < -0.39 is 6.04 Å². The second-order valence-corrected chi connectivity index (χ2v) is 8.04. The van der Waals surface area contributed by atoms with E-state index in [0.29, 0.717) is 18.2 Å². The Morgan fingerprint density at radius 1 is 1.19 bits per heavy atom. The van der Waals surface area contributed by atoms with Gasteiger partial charge in [0.2, 0.25) is 11.8 Å². The standard InChI is InChI=1S/C21H23FN2O2S/c1-14(2)12-23-20(26)19(15-6-4-3-5-7-15)24-18(25)13-27-21(24)16-8-10-17(22)11-9-16/h3-11,14,19,21H,12-13H2,1-2H3,(H,23,26)/t19-,21+/m1/s1. The highest BCUT2D eigenvalue weighted by molar-refractivity contribution is 8.00. The van der Waals surface area contributed by atoms with E-state index in [4.69, 9.17) is 0 Å². The molecule has 0 bridgehead atoms. The first-order valence-corrected chi connectivity index (χ1v) is 10.0. The second kappa shape index (κ2) is 8.57. The normalized spacial score (nSPS) is 18.0. The van der Waals surface area contributed by atoms with Crippen LogP contribution >= 0.6 is 11.8 Å². The van der Waals surface area contributed by atoms with E-state index >= 15 is 0 Å². The largest absolute Gasteiger partial charge is 0.354 e. The SMILES string of the molecule is CC(C)CNC(=O)[C@@H](c1ccccc1)N1C(=O)CS[C@H]1c1ccc(F)cc1. The van der Waals surface area contributed by atoms with Gasteiger partial charge in [0.1, 0.15) is 17.2 Å². The minimum Gasteiger partial charge on any atom is -0.354 e. The van der Waals surface area contributed by atoms with Crippen LogP contribution in [0.2, 0.25) is 0 Å². The third-order valence-corrected chi connectivity index (χ3v) is 5.62. The summed E-state index contributed by atoms with van der Waals surface area (Å²) in [6, 6.07) is 14.7. The van der Waals surface area contributed by atoms with Crippen LogP contribution in [-0.4, -0.2) is 29.0 Å². The molecule has 1 aliphatic heterocycles. The molecule has 1 N–H and O–H groups in total. The van der Waals surface area contributed by atoms with Crippen LogP contribution in [0.15, 0.2) is 54.6 Å². The summed E-state index contributed by atoms with van der Waals surface area (Å²) in [7, 11) is 0. The molecule has 1 fully saturated rings. The molecule has 1 saturated heterocycles. The highest BCUT2D eigenvalue weighted by atomic mass is 32.2. The zero-order chi connectivity index (χ0) is 19.4. The minimum atomic E-state index is -0.720. The number of hydrogen-bond acceptors (Lipinski definition) is 3. The van der Waals surface area contributed by atoms with E-state index in [9.17, 15) is 14.0 Å². The molecule has 0 aliphatic carbocycles. The second-order valence-electron chi connectivity index (χ2n) is 6.97.